The lowest BCUT2D eigenvalue weighted by Crippen LogP contribution is -2.36. The van der Waals surface area contributed by atoms with Gasteiger partial charge in [-0.3, -0.25) is 18.7 Å². The number of aromatic nitrogens is 4. The largest absolute Gasteiger partial charge is 0.494 e. The van der Waals surface area contributed by atoms with Crippen molar-refractivity contribution >= 4 is 22.8 Å². The van der Waals surface area contributed by atoms with Gasteiger partial charge in [-0.1, -0.05) is 0 Å². The van der Waals surface area contributed by atoms with E-state index in [0.717, 1.165) is 16.0 Å². The number of anilines is 1. The van der Waals surface area contributed by atoms with Gasteiger partial charge in [-0.15, -0.1) is 0 Å². The van der Waals surface area contributed by atoms with E-state index in [9.17, 15) is 14.4 Å². The van der Waals surface area contributed by atoms with Crippen molar-refractivity contribution in [3.8, 4) is 5.75 Å². The molecule has 0 saturated heterocycles. The number of amides is 1. The van der Waals surface area contributed by atoms with E-state index in [1.165, 1.54) is 24.9 Å². The summed E-state index contributed by atoms with van der Waals surface area (Å²) in [5.41, 5.74) is 0.800. The van der Waals surface area contributed by atoms with E-state index in [-0.39, 0.29) is 17.2 Å². The number of nitrogens with one attached hydrogen (secondary N) is 2. The fourth-order valence-electron chi connectivity index (χ4n) is 2.27. The molecule has 0 fully saturated rings. The van der Waals surface area contributed by atoms with Crippen LogP contribution < -0.4 is 21.3 Å². The molecule has 9 heteroatoms. The number of ether oxygens (including phenoxy) is 1. The van der Waals surface area contributed by atoms with Gasteiger partial charge in [0.1, 0.15) is 11.3 Å². The minimum atomic E-state index is -0.371. The molecule has 138 valence electrons. The third-order valence-corrected chi connectivity index (χ3v) is 3.52. The lowest BCUT2D eigenvalue weighted by Gasteiger charge is -2.04. The lowest BCUT2D eigenvalue weighted by molar-refractivity contribution is -0.114. The second-order valence-corrected chi connectivity index (χ2v) is 5.45. The Bertz CT molecular complexity index is 1010. The summed E-state index contributed by atoms with van der Waals surface area (Å²) in [5, 5.41) is 2.68. The SMILES string of the molecule is CCOc1ccc(NC(C)=O)cc1.Cn1c(=O)c2[nH]cnc2n(C)c1=O. The fraction of sp³-hybridized carbons (Fsp3) is 0.294. The molecule has 3 aromatic rings. The summed E-state index contributed by atoms with van der Waals surface area (Å²) in [4.78, 5) is 40.1. The molecule has 1 aromatic carbocycles. The topological polar surface area (TPSA) is 111 Å². The first-order valence-electron chi connectivity index (χ1n) is 7.94. The predicted octanol–water partition coefficient (Wildman–Crippen LogP) is 1.00. The Morgan fingerprint density at radius 3 is 2.42 bits per heavy atom. The van der Waals surface area contributed by atoms with Gasteiger partial charge < -0.3 is 15.0 Å². The molecule has 0 aliphatic rings. The first-order chi connectivity index (χ1) is 12.3. The van der Waals surface area contributed by atoms with E-state index in [0.29, 0.717) is 17.8 Å². The number of nitrogens with zero attached hydrogens (tertiary/aromatic N) is 3. The van der Waals surface area contributed by atoms with Gasteiger partial charge in [0.25, 0.3) is 5.56 Å². The fourth-order valence-corrected chi connectivity index (χ4v) is 2.27. The quantitative estimate of drug-likeness (QED) is 0.725. The van der Waals surface area contributed by atoms with Crippen molar-refractivity contribution in [3.63, 3.8) is 0 Å². The minimum Gasteiger partial charge on any atom is -0.494 e. The number of H-pyrrole nitrogens is 1. The van der Waals surface area contributed by atoms with E-state index in [1.807, 2.05) is 31.2 Å². The second-order valence-electron chi connectivity index (χ2n) is 5.45. The van der Waals surface area contributed by atoms with Crippen LogP contribution in [-0.2, 0) is 18.9 Å². The van der Waals surface area contributed by atoms with Crippen molar-refractivity contribution in [1.29, 1.82) is 0 Å². The second kappa shape index (κ2) is 8.15. The number of aromatic amines is 1. The first kappa shape index (κ1) is 19.0. The molecule has 2 heterocycles. The van der Waals surface area contributed by atoms with E-state index >= 15 is 0 Å². The van der Waals surface area contributed by atoms with Crippen LogP contribution in [0.3, 0.4) is 0 Å². The number of carbonyl (C=O) groups is 1. The van der Waals surface area contributed by atoms with E-state index in [1.54, 1.807) is 7.05 Å². The van der Waals surface area contributed by atoms with Gasteiger partial charge >= 0.3 is 5.69 Å². The van der Waals surface area contributed by atoms with Crippen molar-refractivity contribution in [1.82, 2.24) is 19.1 Å². The summed E-state index contributed by atoms with van der Waals surface area (Å²) >= 11 is 0. The number of imidazole rings is 1. The van der Waals surface area contributed by atoms with Crippen LogP contribution in [0.1, 0.15) is 13.8 Å². The molecule has 2 aromatic heterocycles. The highest BCUT2D eigenvalue weighted by Gasteiger charge is 2.08. The standard InChI is InChI=1S/C10H13NO2.C7H8N4O2/c1-3-13-10-6-4-9(5-7-10)11-8(2)12;1-10-5-4(8-3-9-5)6(12)11(2)7(10)13/h4-7H,3H2,1-2H3,(H,11,12);3H,1-2H3,(H,8,9). The van der Waals surface area contributed by atoms with Crippen LogP contribution >= 0.6 is 0 Å². The van der Waals surface area contributed by atoms with Gasteiger partial charge in [0, 0.05) is 26.7 Å². The van der Waals surface area contributed by atoms with Crippen LogP contribution in [0, 0.1) is 0 Å². The summed E-state index contributed by atoms with van der Waals surface area (Å²) in [6.07, 6.45) is 1.39. The van der Waals surface area contributed by atoms with Crippen LogP contribution in [0.25, 0.3) is 11.2 Å². The Kier molecular flexibility index (Phi) is 5.94. The number of hydrogen-bond acceptors (Lipinski definition) is 5. The molecule has 0 bridgehead atoms. The van der Waals surface area contributed by atoms with Gasteiger partial charge in [0.15, 0.2) is 5.65 Å². The molecule has 9 nitrogen and oxygen atoms in total. The van der Waals surface area contributed by atoms with Gasteiger partial charge in [0.05, 0.1) is 12.9 Å². The summed E-state index contributed by atoms with van der Waals surface area (Å²) in [7, 11) is 3.01. The van der Waals surface area contributed by atoms with E-state index in [4.69, 9.17) is 4.74 Å². The number of benzene rings is 1. The zero-order chi connectivity index (χ0) is 19.3. The van der Waals surface area contributed by atoms with Crippen molar-refractivity contribution in [3.05, 3.63) is 51.4 Å². The number of carbonyl (C=O) groups excluding carboxylic acids is 1. The van der Waals surface area contributed by atoms with Crippen molar-refractivity contribution < 1.29 is 9.53 Å². The van der Waals surface area contributed by atoms with Crippen LogP contribution in [0.4, 0.5) is 5.69 Å². The van der Waals surface area contributed by atoms with Crippen LogP contribution in [-0.4, -0.2) is 31.6 Å². The Morgan fingerprint density at radius 2 is 1.85 bits per heavy atom. The molecule has 0 aliphatic heterocycles. The van der Waals surface area contributed by atoms with Crippen LogP contribution in [0.5, 0.6) is 5.75 Å². The Balaban J connectivity index is 0.000000187. The van der Waals surface area contributed by atoms with Gasteiger partial charge in [-0.25, -0.2) is 9.78 Å². The molecular formula is C17H21N5O4. The maximum Gasteiger partial charge on any atom is 0.332 e. The highest BCUT2D eigenvalue weighted by molar-refractivity contribution is 5.88. The Labute approximate surface area is 149 Å². The highest BCUT2D eigenvalue weighted by atomic mass is 16.5. The zero-order valence-electron chi connectivity index (χ0n) is 15.1. The molecule has 3 rings (SSSR count). The van der Waals surface area contributed by atoms with Crippen LogP contribution in [0.15, 0.2) is 40.2 Å². The van der Waals surface area contributed by atoms with E-state index in [2.05, 4.69) is 15.3 Å². The van der Waals surface area contributed by atoms with Gasteiger partial charge in [-0.2, -0.15) is 0 Å². The molecule has 0 radical (unpaired) electrons. The summed E-state index contributed by atoms with van der Waals surface area (Å²) < 4.78 is 7.62. The molecule has 0 unspecified atom stereocenters. The Hall–Kier alpha value is -3.36. The van der Waals surface area contributed by atoms with E-state index < -0.39 is 0 Å². The number of rotatable bonds is 3. The Morgan fingerprint density at radius 1 is 1.19 bits per heavy atom. The molecule has 26 heavy (non-hydrogen) atoms. The predicted molar refractivity (Wildman–Crippen MR) is 98.5 cm³/mol. The summed E-state index contributed by atoms with van der Waals surface area (Å²) in [5.74, 6) is 0.751. The van der Waals surface area contributed by atoms with Gasteiger partial charge in [0.2, 0.25) is 5.91 Å². The van der Waals surface area contributed by atoms with Crippen molar-refractivity contribution in [2.75, 3.05) is 11.9 Å². The third-order valence-electron chi connectivity index (χ3n) is 3.52. The van der Waals surface area contributed by atoms with Gasteiger partial charge in [-0.05, 0) is 31.2 Å². The monoisotopic (exact) mass is 359 g/mol. The molecule has 0 atom stereocenters. The number of fused-ring (bicyclic) bond motifs is 1. The molecular weight excluding hydrogens is 338 g/mol. The highest BCUT2D eigenvalue weighted by Crippen LogP contribution is 2.15. The maximum atomic E-state index is 11.4. The average molecular weight is 359 g/mol. The maximum absolute atomic E-state index is 11.4. The molecule has 0 saturated carbocycles. The third kappa shape index (κ3) is 4.18. The van der Waals surface area contributed by atoms with Crippen molar-refractivity contribution in [2.45, 2.75) is 13.8 Å². The minimum absolute atomic E-state index is 0.0656. The normalized spacial score (nSPS) is 10.2. The molecule has 2 N–H and O–H groups in total. The van der Waals surface area contributed by atoms with Crippen LogP contribution in [0.2, 0.25) is 0 Å². The molecule has 0 spiro atoms. The smallest absolute Gasteiger partial charge is 0.332 e. The zero-order valence-corrected chi connectivity index (χ0v) is 15.1. The molecule has 1 amide bonds. The summed E-state index contributed by atoms with van der Waals surface area (Å²) in [6.45, 7) is 4.07. The average Bonchev–Trinajstić information content (AvgIpc) is 3.10. The summed E-state index contributed by atoms with van der Waals surface area (Å²) in [6, 6.07) is 7.28. The number of hydrogen-bond donors (Lipinski definition) is 2. The number of aryl methyl sites for hydroxylation is 1. The van der Waals surface area contributed by atoms with Crippen molar-refractivity contribution in [2.24, 2.45) is 14.1 Å². The first-order valence-corrected chi connectivity index (χ1v) is 7.94. The molecule has 0 aliphatic carbocycles. The lowest BCUT2D eigenvalue weighted by atomic mass is 10.3.